The second-order valence-corrected chi connectivity index (χ2v) is 6.71. The molecule has 2 heterocycles. The van der Waals surface area contributed by atoms with Gasteiger partial charge in [-0.1, -0.05) is 30.3 Å². The predicted octanol–water partition coefficient (Wildman–Crippen LogP) is 2.58. The summed E-state index contributed by atoms with van der Waals surface area (Å²) < 4.78 is 1.81. The van der Waals surface area contributed by atoms with E-state index in [1.54, 1.807) is 0 Å². The molecule has 5 heteroatoms. The minimum absolute atomic E-state index is 0.0517. The Labute approximate surface area is 148 Å². The lowest BCUT2D eigenvalue weighted by Crippen LogP contribution is -2.31. The number of benzene rings is 1. The lowest BCUT2D eigenvalue weighted by Gasteiger charge is -2.21. The zero-order chi connectivity index (χ0) is 17.6. The zero-order valence-electron chi connectivity index (χ0n) is 14.6. The van der Waals surface area contributed by atoms with E-state index in [-0.39, 0.29) is 11.8 Å². The number of aryl methyl sites for hydroxylation is 1. The summed E-state index contributed by atoms with van der Waals surface area (Å²) in [5.41, 5.74) is 1.82. The highest BCUT2D eigenvalue weighted by molar-refractivity contribution is 5.92. The average Bonchev–Trinajstić information content (AvgIpc) is 2.98. The van der Waals surface area contributed by atoms with Gasteiger partial charge in [0.25, 0.3) is 5.91 Å². The molecule has 0 bridgehead atoms. The molecule has 0 aliphatic carbocycles. The minimum atomic E-state index is -0.0517. The molecule has 3 rings (SSSR count). The summed E-state index contributed by atoms with van der Waals surface area (Å²) in [6.45, 7) is 2.04. The van der Waals surface area contributed by atoms with E-state index in [1.807, 2.05) is 53.0 Å². The van der Waals surface area contributed by atoms with Gasteiger partial charge in [-0.3, -0.25) is 9.59 Å². The highest BCUT2D eigenvalue weighted by Crippen LogP contribution is 2.19. The number of amides is 2. The summed E-state index contributed by atoms with van der Waals surface area (Å²) in [6, 6.07) is 13.8. The van der Waals surface area contributed by atoms with Gasteiger partial charge in [-0.15, -0.1) is 0 Å². The van der Waals surface area contributed by atoms with Crippen molar-refractivity contribution in [3.05, 3.63) is 59.9 Å². The van der Waals surface area contributed by atoms with Crippen molar-refractivity contribution in [3.63, 3.8) is 0 Å². The number of nitrogens with one attached hydrogen (secondary N) is 1. The normalized spacial score (nSPS) is 18.0. The fourth-order valence-electron chi connectivity index (χ4n) is 3.29. The van der Waals surface area contributed by atoms with Crippen LogP contribution < -0.4 is 5.32 Å². The number of carbonyl (C=O) groups excluding carboxylic acids is 2. The maximum absolute atomic E-state index is 12.4. The van der Waals surface area contributed by atoms with E-state index >= 15 is 0 Å². The summed E-state index contributed by atoms with van der Waals surface area (Å²) in [5, 5.41) is 3.01. The molecular weight excluding hydrogens is 314 g/mol. The number of carbonyl (C=O) groups is 2. The van der Waals surface area contributed by atoms with Crippen molar-refractivity contribution >= 4 is 11.8 Å². The molecule has 1 aromatic heterocycles. The fraction of sp³-hybridized carbons (Fsp3) is 0.400. The molecule has 1 aliphatic heterocycles. The van der Waals surface area contributed by atoms with Gasteiger partial charge in [0.05, 0.1) is 0 Å². The Morgan fingerprint density at radius 3 is 2.68 bits per heavy atom. The van der Waals surface area contributed by atoms with Crippen LogP contribution in [0.1, 0.15) is 35.3 Å². The largest absolute Gasteiger partial charge is 0.350 e. The van der Waals surface area contributed by atoms with Gasteiger partial charge >= 0.3 is 0 Å². The summed E-state index contributed by atoms with van der Waals surface area (Å²) in [6.07, 6.45) is 4.17. The van der Waals surface area contributed by atoms with Crippen LogP contribution in [-0.2, 0) is 18.4 Å². The van der Waals surface area contributed by atoms with Gasteiger partial charge in [-0.05, 0) is 36.5 Å². The smallest absolute Gasteiger partial charge is 0.267 e. The second-order valence-electron chi connectivity index (χ2n) is 6.71. The van der Waals surface area contributed by atoms with Crippen LogP contribution >= 0.6 is 0 Å². The SMILES string of the molecule is Cn1cccc1C(=O)NCC1CCC(=O)N(Cc2ccccc2)CC1. The molecule has 0 spiro atoms. The lowest BCUT2D eigenvalue weighted by molar-refractivity contribution is -0.131. The second kappa shape index (κ2) is 8.01. The first kappa shape index (κ1) is 17.3. The minimum Gasteiger partial charge on any atom is -0.350 e. The van der Waals surface area contributed by atoms with Gasteiger partial charge in [0.1, 0.15) is 5.69 Å². The van der Waals surface area contributed by atoms with E-state index in [0.29, 0.717) is 31.1 Å². The summed E-state index contributed by atoms with van der Waals surface area (Å²) in [5.74, 6) is 0.498. The number of hydrogen-bond donors (Lipinski definition) is 1. The van der Waals surface area contributed by atoms with Gasteiger partial charge in [0, 0.05) is 39.3 Å². The molecule has 25 heavy (non-hydrogen) atoms. The highest BCUT2D eigenvalue weighted by atomic mass is 16.2. The fourth-order valence-corrected chi connectivity index (χ4v) is 3.29. The molecule has 1 fully saturated rings. The summed E-state index contributed by atoms with van der Waals surface area (Å²) in [7, 11) is 1.86. The van der Waals surface area contributed by atoms with Gasteiger partial charge in [0.15, 0.2) is 0 Å². The van der Waals surface area contributed by atoms with Gasteiger partial charge < -0.3 is 14.8 Å². The van der Waals surface area contributed by atoms with E-state index in [9.17, 15) is 9.59 Å². The van der Waals surface area contributed by atoms with Crippen molar-refractivity contribution in [1.82, 2.24) is 14.8 Å². The number of aromatic nitrogens is 1. The Balaban J connectivity index is 1.51. The van der Waals surface area contributed by atoms with E-state index < -0.39 is 0 Å². The van der Waals surface area contributed by atoms with Crippen LogP contribution in [0.3, 0.4) is 0 Å². The number of rotatable bonds is 5. The van der Waals surface area contributed by atoms with Crippen molar-refractivity contribution < 1.29 is 9.59 Å². The Kier molecular flexibility index (Phi) is 5.53. The van der Waals surface area contributed by atoms with Gasteiger partial charge in [0.2, 0.25) is 5.91 Å². The van der Waals surface area contributed by atoms with Crippen LogP contribution in [0.2, 0.25) is 0 Å². The molecule has 1 saturated heterocycles. The molecular formula is C20H25N3O2. The average molecular weight is 339 g/mol. The zero-order valence-corrected chi connectivity index (χ0v) is 14.6. The quantitative estimate of drug-likeness (QED) is 0.910. The maximum Gasteiger partial charge on any atom is 0.267 e. The van der Waals surface area contributed by atoms with E-state index in [4.69, 9.17) is 0 Å². The van der Waals surface area contributed by atoms with E-state index in [0.717, 1.165) is 24.9 Å². The molecule has 1 unspecified atom stereocenters. The van der Waals surface area contributed by atoms with Crippen molar-refractivity contribution in [2.24, 2.45) is 13.0 Å². The molecule has 1 N–H and O–H groups in total. The van der Waals surface area contributed by atoms with Crippen molar-refractivity contribution in [2.75, 3.05) is 13.1 Å². The van der Waals surface area contributed by atoms with Crippen molar-refractivity contribution in [2.45, 2.75) is 25.8 Å². The topological polar surface area (TPSA) is 54.3 Å². The third kappa shape index (κ3) is 4.50. The van der Waals surface area contributed by atoms with Crippen LogP contribution in [0.15, 0.2) is 48.7 Å². The standard InChI is InChI=1S/C20H25N3O2/c1-22-12-5-8-18(22)20(25)21-14-16-9-10-19(24)23(13-11-16)15-17-6-3-2-4-7-17/h2-8,12,16H,9-11,13-15H2,1H3,(H,21,25). The third-order valence-electron chi connectivity index (χ3n) is 4.87. The molecule has 0 saturated carbocycles. The summed E-state index contributed by atoms with van der Waals surface area (Å²) >= 11 is 0. The monoisotopic (exact) mass is 339 g/mol. The lowest BCUT2D eigenvalue weighted by atomic mass is 10.0. The molecule has 2 amide bonds. The van der Waals surface area contributed by atoms with Crippen LogP contribution in [0.4, 0.5) is 0 Å². The molecule has 5 nitrogen and oxygen atoms in total. The van der Waals surface area contributed by atoms with Crippen LogP contribution in [0.5, 0.6) is 0 Å². The van der Waals surface area contributed by atoms with Crippen LogP contribution in [0, 0.1) is 5.92 Å². The van der Waals surface area contributed by atoms with E-state index in [1.165, 1.54) is 0 Å². The van der Waals surface area contributed by atoms with Crippen molar-refractivity contribution in [1.29, 1.82) is 0 Å². The van der Waals surface area contributed by atoms with Crippen molar-refractivity contribution in [3.8, 4) is 0 Å². The Morgan fingerprint density at radius 1 is 1.16 bits per heavy atom. The van der Waals surface area contributed by atoms with Gasteiger partial charge in [-0.25, -0.2) is 0 Å². The predicted molar refractivity (Wildman–Crippen MR) is 96.9 cm³/mol. The maximum atomic E-state index is 12.4. The van der Waals surface area contributed by atoms with Gasteiger partial charge in [-0.2, -0.15) is 0 Å². The molecule has 1 aromatic carbocycles. The van der Waals surface area contributed by atoms with Crippen LogP contribution in [-0.4, -0.2) is 34.4 Å². The Hall–Kier alpha value is -2.56. The molecule has 2 aromatic rings. The number of nitrogens with zero attached hydrogens (tertiary/aromatic N) is 2. The van der Waals surface area contributed by atoms with E-state index in [2.05, 4.69) is 17.4 Å². The van der Waals surface area contributed by atoms with Crippen LogP contribution in [0.25, 0.3) is 0 Å². The summed E-state index contributed by atoms with van der Waals surface area (Å²) in [4.78, 5) is 26.5. The Morgan fingerprint density at radius 2 is 1.96 bits per heavy atom. The number of hydrogen-bond acceptors (Lipinski definition) is 2. The molecule has 1 aliphatic rings. The third-order valence-corrected chi connectivity index (χ3v) is 4.87. The molecule has 1 atom stereocenters. The number of likely N-dealkylation sites (tertiary alicyclic amines) is 1. The first-order valence-corrected chi connectivity index (χ1v) is 8.84. The molecule has 132 valence electrons. The molecule has 0 radical (unpaired) electrons. The first-order valence-electron chi connectivity index (χ1n) is 8.84. The first-order chi connectivity index (χ1) is 12.1. The highest BCUT2D eigenvalue weighted by Gasteiger charge is 2.23. The Bertz CT molecular complexity index is 724.